The lowest BCUT2D eigenvalue weighted by atomic mass is 10.0. The Labute approximate surface area is 147 Å². The number of carbonyl (C=O) groups is 2. The molecule has 0 aromatic heterocycles. The first-order valence-electron chi connectivity index (χ1n) is 8.56. The van der Waals surface area contributed by atoms with Crippen molar-refractivity contribution < 1.29 is 18.7 Å². The smallest absolute Gasteiger partial charge is 0.407 e. The molecule has 6 nitrogen and oxygen atoms in total. The Kier molecular flexibility index (Phi) is 6.61. The molecule has 0 bridgehead atoms. The van der Waals surface area contributed by atoms with Gasteiger partial charge >= 0.3 is 6.09 Å². The molecule has 25 heavy (non-hydrogen) atoms. The first-order valence-corrected chi connectivity index (χ1v) is 8.56. The first kappa shape index (κ1) is 19.0. The first-order chi connectivity index (χ1) is 11.9. The average molecular weight is 351 g/mol. The predicted octanol–water partition coefficient (Wildman–Crippen LogP) is 2.29. The average Bonchev–Trinajstić information content (AvgIpc) is 2.59. The van der Waals surface area contributed by atoms with E-state index in [1.165, 1.54) is 19.2 Å². The summed E-state index contributed by atoms with van der Waals surface area (Å²) < 4.78 is 18.0. The molecular formula is C18H26FN3O3. The van der Waals surface area contributed by atoms with E-state index in [0.717, 1.165) is 25.1 Å². The summed E-state index contributed by atoms with van der Waals surface area (Å²) in [6, 6.07) is 5.76. The van der Waals surface area contributed by atoms with Gasteiger partial charge in [0.15, 0.2) is 0 Å². The lowest BCUT2D eigenvalue weighted by molar-refractivity contribution is -0.124. The minimum atomic E-state index is -0.656. The van der Waals surface area contributed by atoms with Gasteiger partial charge in [-0.1, -0.05) is 19.9 Å². The van der Waals surface area contributed by atoms with E-state index in [0.29, 0.717) is 6.54 Å². The van der Waals surface area contributed by atoms with E-state index in [1.807, 2.05) is 19.9 Å². The lowest BCUT2D eigenvalue weighted by Crippen LogP contribution is -2.55. The van der Waals surface area contributed by atoms with Crippen LogP contribution in [0.25, 0.3) is 0 Å². The van der Waals surface area contributed by atoms with Gasteiger partial charge in [0, 0.05) is 24.8 Å². The third-order valence-corrected chi connectivity index (χ3v) is 4.35. The highest BCUT2D eigenvalue weighted by Crippen LogP contribution is 2.21. The zero-order chi connectivity index (χ0) is 18.4. The Bertz CT molecular complexity index is 609. The summed E-state index contributed by atoms with van der Waals surface area (Å²) in [6.07, 6.45) is 1.12. The normalized spacial score (nSPS) is 18.6. The molecule has 1 aliphatic rings. The number of rotatable bonds is 5. The van der Waals surface area contributed by atoms with Crippen molar-refractivity contribution in [2.45, 2.75) is 38.8 Å². The molecule has 1 aromatic carbocycles. The van der Waals surface area contributed by atoms with Gasteiger partial charge in [0.25, 0.3) is 0 Å². The lowest BCUT2D eigenvalue weighted by Gasteiger charge is -2.35. The summed E-state index contributed by atoms with van der Waals surface area (Å²) in [5.74, 6) is -0.570. The highest BCUT2D eigenvalue weighted by atomic mass is 19.1. The zero-order valence-corrected chi connectivity index (χ0v) is 14.9. The van der Waals surface area contributed by atoms with E-state index in [2.05, 4.69) is 20.3 Å². The molecule has 1 aromatic rings. The van der Waals surface area contributed by atoms with Gasteiger partial charge in [0.1, 0.15) is 11.9 Å². The van der Waals surface area contributed by atoms with Gasteiger partial charge in [0.05, 0.1) is 7.11 Å². The highest BCUT2D eigenvalue weighted by molar-refractivity contribution is 5.86. The van der Waals surface area contributed by atoms with E-state index < -0.39 is 12.1 Å². The molecule has 1 aliphatic heterocycles. The highest BCUT2D eigenvalue weighted by Gasteiger charge is 2.28. The number of carbonyl (C=O) groups excluding carboxylic acids is 2. The van der Waals surface area contributed by atoms with Gasteiger partial charge in [-0.25, -0.2) is 9.18 Å². The standard InChI is InChI=1S/C18H26FN3O3/c1-12(2)16(21-18(24)25-3)17(23)20-14-7-5-9-22(11-14)15-8-4-6-13(19)10-15/h4,6,8,10,12,14,16H,5,7,9,11H2,1-3H3,(H,20,23)(H,21,24). The van der Waals surface area contributed by atoms with Crippen molar-refractivity contribution in [1.82, 2.24) is 10.6 Å². The van der Waals surface area contributed by atoms with Crippen molar-refractivity contribution >= 4 is 17.7 Å². The predicted molar refractivity (Wildman–Crippen MR) is 93.9 cm³/mol. The van der Waals surface area contributed by atoms with Crippen LogP contribution in [0.5, 0.6) is 0 Å². The molecular weight excluding hydrogens is 325 g/mol. The second kappa shape index (κ2) is 8.69. The Morgan fingerprint density at radius 2 is 2.12 bits per heavy atom. The van der Waals surface area contributed by atoms with Crippen molar-refractivity contribution in [3.05, 3.63) is 30.1 Å². The van der Waals surface area contributed by atoms with Gasteiger partial charge in [-0.3, -0.25) is 4.79 Å². The molecule has 0 saturated carbocycles. The van der Waals surface area contributed by atoms with E-state index >= 15 is 0 Å². The second-order valence-corrected chi connectivity index (χ2v) is 6.63. The van der Waals surface area contributed by atoms with Crippen LogP contribution in [-0.2, 0) is 9.53 Å². The minimum absolute atomic E-state index is 0.0507. The number of hydrogen-bond donors (Lipinski definition) is 2. The van der Waals surface area contributed by atoms with Crippen LogP contribution >= 0.6 is 0 Å². The summed E-state index contributed by atoms with van der Waals surface area (Å²) >= 11 is 0. The molecule has 0 aliphatic carbocycles. The Hall–Kier alpha value is -2.31. The summed E-state index contributed by atoms with van der Waals surface area (Å²) in [6.45, 7) is 5.16. The van der Waals surface area contributed by atoms with Gasteiger partial charge in [-0.05, 0) is 37.0 Å². The molecule has 1 heterocycles. The van der Waals surface area contributed by atoms with Crippen LogP contribution < -0.4 is 15.5 Å². The molecule has 2 N–H and O–H groups in total. The number of anilines is 1. The molecule has 2 atom stereocenters. The van der Waals surface area contributed by atoms with Crippen LogP contribution in [0, 0.1) is 11.7 Å². The van der Waals surface area contributed by atoms with Crippen molar-refractivity contribution in [3.63, 3.8) is 0 Å². The molecule has 2 unspecified atom stereocenters. The fraction of sp³-hybridized carbons (Fsp3) is 0.556. The summed E-state index contributed by atoms with van der Waals surface area (Å²) in [7, 11) is 1.27. The molecule has 1 fully saturated rings. The molecule has 2 amide bonds. The number of piperidine rings is 1. The molecule has 1 saturated heterocycles. The molecule has 7 heteroatoms. The number of alkyl carbamates (subject to hydrolysis) is 1. The van der Waals surface area contributed by atoms with Gasteiger partial charge in [0.2, 0.25) is 5.91 Å². The number of ether oxygens (including phenoxy) is 1. The van der Waals surface area contributed by atoms with E-state index in [1.54, 1.807) is 6.07 Å². The third-order valence-electron chi connectivity index (χ3n) is 4.35. The number of hydrogen-bond acceptors (Lipinski definition) is 4. The van der Waals surface area contributed by atoms with Crippen molar-refractivity contribution in [2.24, 2.45) is 5.92 Å². The van der Waals surface area contributed by atoms with E-state index in [4.69, 9.17) is 0 Å². The largest absolute Gasteiger partial charge is 0.453 e. The number of methoxy groups -OCH3 is 1. The van der Waals surface area contributed by atoms with E-state index in [9.17, 15) is 14.0 Å². The number of halogens is 1. The Morgan fingerprint density at radius 3 is 2.76 bits per heavy atom. The van der Waals surface area contributed by atoms with Gasteiger partial charge < -0.3 is 20.3 Å². The maximum Gasteiger partial charge on any atom is 0.407 e. The van der Waals surface area contributed by atoms with Crippen LogP contribution in [-0.4, -0.2) is 44.3 Å². The van der Waals surface area contributed by atoms with Crippen LogP contribution in [0.15, 0.2) is 24.3 Å². The SMILES string of the molecule is COC(=O)NC(C(=O)NC1CCCN(c2cccc(F)c2)C1)C(C)C. The number of amides is 2. The molecule has 0 radical (unpaired) electrons. The van der Waals surface area contributed by atoms with Gasteiger partial charge in [-0.15, -0.1) is 0 Å². The second-order valence-electron chi connectivity index (χ2n) is 6.63. The summed E-state index contributed by atoms with van der Waals surface area (Å²) in [5.41, 5.74) is 0.812. The van der Waals surface area contributed by atoms with Crippen molar-refractivity contribution in [1.29, 1.82) is 0 Å². The number of nitrogens with zero attached hydrogens (tertiary/aromatic N) is 1. The van der Waals surface area contributed by atoms with Crippen LogP contribution in [0.2, 0.25) is 0 Å². The summed E-state index contributed by atoms with van der Waals surface area (Å²) in [4.78, 5) is 26.0. The molecule has 0 spiro atoms. The zero-order valence-electron chi connectivity index (χ0n) is 14.9. The fourth-order valence-electron chi connectivity index (χ4n) is 3.01. The van der Waals surface area contributed by atoms with E-state index in [-0.39, 0.29) is 23.7 Å². The van der Waals surface area contributed by atoms with Crippen LogP contribution in [0.4, 0.5) is 14.9 Å². The third kappa shape index (κ3) is 5.34. The van der Waals surface area contributed by atoms with Crippen molar-refractivity contribution in [3.8, 4) is 0 Å². The van der Waals surface area contributed by atoms with Crippen LogP contribution in [0.3, 0.4) is 0 Å². The Balaban J connectivity index is 1.98. The number of nitrogens with one attached hydrogen (secondary N) is 2. The van der Waals surface area contributed by atoms with Crippen LogP contribution in [0.1, 0.15) is 26.7 Å². The monoisotopic (exact) mass is 351 g/mol. The maximum absolute atomic E-state index is 13.4. The number of benzene rings is 1. The molecule has 2 rings (SSSR count). The maximum atomic E-state index is 13.4. The van der Waals surface area contributed by atoms with Gasteiger partial charge in [-0.2, -0.15) is 0 Å². The fourth-order valence-corrected chi connectivity index (χ4v) is 3.01. The Morgan fingerprint density at radius 1 is 1.36 bits per heavy atom. The van der Waals surface area contributed by atoms with Crippen molar-refractivity contribution in [2.75, 3.05) is 25.1 Å². The quantitative estimate of drug-likeness (QED) is 0.854. The topological polar surface area (TPSA) is 70.7 Å². The minimum Gasteiger partial charge on any atom is -0.453 e. The summed E-state index contributed by atoms with van der Waals surface area (Å²) in [5, 5.41) is 5.57. The molecule has 138 valence electrons.